The van der Waals surface area contributed by atoms with Gasteiger partial charge in [-0.2, -0.15) is 0 Å². The summed E-state index contributed by atoms with van der Waals surface area (Å²) in [7, 11) is 0. The summed E-state index contributed by atoms with van der Waals surface area (Å²) < 4.78 is 13.7. The van der Waals surface area contributed by atoms with Crippen molar-refractivity contribution in [1.29, 1.82) is 0 Å². The molecule has 36 heavy (non-hydrogen) atoms. The van der Waals surface area contributed by atoms with Crippen LogP contribution in [-0.2, 0) is 17.7 Å². The van der Waals surface area contributed by atoms with Gasteiger partial charge >= 0.3 is 0 Å². The summed E-state index contributed by atoms with van der Waals surface area (Å²) in [5.74, 6) is 2.25. The van der Waals surface area contributed by atoms with Crippen molar-refractivity contribution in [2.45, 2.75) is 66.8 Å². The van der Waals surface area contributed by atoms with Gasteiger partial charge in [-0.15, -0.1) is 0 Å². The third-order valence-electron chi connectivity index (χ3n) is 7.29. The maximum Gasteiger partial charge on any atom is 0.277 e. The van der Waals surface area contributed by atoms with Crippen molar-refractivity contribution in [3.63, 3.8) is 0 Å². The van der Waals surface area contributed by atoms with Crippen LogP contribution in [0.5, 0.6) is 5.75 Å². The van der Waals surface area contributed by atoms with Gasteiger partial charge in [-0.1, -0.05) is 19.9 Å². The molecule has 4 rings (SSSR count). The van der Waals surface area contributed by atoms with E-state index in [9.17, 15) is 4.79 Å². The molecule has 0 N–H and O–H groups in total. The Hall–Kier alpha value is -2.38. The lowest BCUT2D eigenvalue weighted by Crippen LogP contribution is -2.38. The normalized spacial score (nSPS) is 16.4. The summed E-state index contributed by atoms with van der Waals surface area (Å²) in [5, 5.41) is 0. The molecule has 2 heterocycles. The van der Waals surface area contributed by atoms with Crippen molar-refractivity contribution in [2.24, 2.45) is 5.92 Å². The number of morpholine rings is 1. The van der Waals surface area contributed by atoms with Crippen LogP contribution in [0.2, 0.25) is 0 Å². The fourth-order valence-corrected chi connectivity index (χ4v) is 5.25. The molecule has 0 amide bonds. The molecule has 1 saturated heterocycles. The van der Waals surface area contributed by atoms with E-state index in [1.165, 1.54) is 12.8 Å². The SMILES string of the molecule is CCCN(CC1CC1)c1c(CC)nc(-c2c(C)cc(C)cc2OCCN2CCOCC2)n(CC)c1=O. The first-order valence-corrected chi connectivity index (χ1v) is 13.9. The highest BCUT2D eigenvalue weighted by atomic mass is 16.5. The van der Waals surface area contributed by atoms with Crippen molar-refractivity contribution in [3.8, 4) is 17.1 Å². The molecule has 2 aromatic rings. The summed E-state index contributed by atoms with van der Waals surface area (Å²) >= 11 is 0. The number of hydrogen-bond donors (Lipinski definition) is 0. The van der Waals surface area contributed by atoms with Gasteiger partial charge in [0.2, 0.25) is 0 Å². The number of nitrogens with zero attached hydrogens (tertiary/aromatic N) is 4. The molecule has 2 aliphatic rings. The van der Waals surface area contributed by atoms with E-state index in [1.54, 1.807) is 0 Å². The lowest BCUT2D eigenvalue weighted by Gasteiger charge is -2.28. The number of aromatic nitrogens is 2. The highest BCUT2D eigenvalue weighted by Crippen LogP contribution is 2.35. The van der Waals surface area contributed by atoms with Gasteiger partial charge in [-0.3, -0.25) is 14.3 Å². The highest BCUT2D eigenvalue weighted by molar-refractivity contribution is 5.71. The molecule has 0 spiro atoms. The zero-order chi connectivity index (χ0) is 25.7. The minimum absolute atomic E-state index is 0.0766. The highest BCUT2D eigenvalue weighted by Gasteiger charge is 2.28. The van der Waals surface area contributed by atoms with Gasteiger partial charge in [0, 0.05) is 39.3 Å². The van der Waals surface area contributed by atoms with Crippen LogP contribution >= 0.6 is 0 Å². The molecule has 1 aromatic carbocycles. The average molecular weight is 497 g/mol. The van der Waals surface area contributed by atoms with E-state index < -0.39 is 0 Å². The molecule has 0 bridgehead atoms. The topological polar surface area (TPSA) is 59.8 Å². The van der Waals surface area contributed by atoms with E-state index in [2.05, 4.69) is 49.6 Å². The standard InChI is InChI=1S/C29H44N4O3/c1-6-11-32(20-23-9-10-23)27-24(7-2)30-28(33(8-3)29(27)34)26-22(5)18-21(4)19-25(26)36-17-14-31-12-15-35-16-13-31/h18-19,23H,6-17,20H2,1-5H3. The van der Waals surface area contributed by atoms with E-state index in [4.69, 9.17) is 14.5 Å². The van der Waals surface area contributed by atoms with Gasteiger partial charge < -0.3 is 14.4 Å². The third-order valence-corrected chi connectivity index (χ3v) is 7.29. The molecular weight excluding hydrogens is 452 g/mol. The van der Waals surface area contributed by atoms with Crippen LogP contribution in [0.15, 0.2) is 16.9 Å². The van der Waals surface area contributed by atoms with Crippen LogP contribution < -0.4 is 15.2 Å². The minimum atomic E-state index is 0.0766. The Morgan fingerprint density at radius 2 is 1.89 bits per heavy atom. The van der Waals surface area contributed by atoms with Gasteiger partial charge in [0.25, 0.3) is 5.56 Å². The Kier molecular flexibility index (Phi) is 9.07. The van der Waals surface area contributed by atoms with Crippen molar-refractivity contribution in [1.82, 2.24) is 14.5 Å². The fourth-order valence-electron chi connectivity index (χ4n) is 5.25. The van der Waals surface area contributed by atoms with Crippen molar-refractivity contribution < 1.29 is 9.47 Å². The summed E-state index contributed by atoms with van der Waals surface area (Å²) in [6.07, 6.45) is 4.28. The van der Waals surface area contributed by atoms with Crippen LogP contribution in [0.1, 0.15) is 56.9 Å². The second-order valence-corrected chi connectivity index (χ2v) is 10.3. The van der Waals surface area contributed by atoms with Crippen LogP contribution in [-0.4, -0.2) is 67.0 Å². The van der Waals surface area contributed by atoms with Crippen LogP contribution in [0.4, 0.5) is 5.69 Å². The molecule has 1 aliphatic carbocycles. The molecule has 198 valence electrons. The molecule has 0 unspecified atom stereocenters. The molecule has 7 heteroatoms. The quantitative estimate of drug-likeness (QED) is 0.433. The monoisotopic (exact) mass is 496 g/mol. The number of rotatable bonds is 12. The number of benzene rings is 1. The number of aryl methyl sites for hydroxylation is 3. The Balaban J connectivity index is 1.73. The summed E-state index contributed by atoms with van der Waals surface area (Å²) in [4.78, 5) is 23.9. The molecule has 1 aliphatic heterocycles. The second kappa shape index (κ2) is 12.2. The van der Waals surface area contributed by atoms with Gasteiger partial charge in [0.1, 0.15) is 23.9 Å². The van der Waals surface area contributed by atoms with E-state index in [1.807, 2.05) is 11.5 Å². The predicted octanol–water partition coefficient (Wildman–Crippen LogP) is 4.45. The van der Waals surface area contributed by atoms with Gasteiger partial charge in [-0.25, -0.2) is 4.98 Å². The van der Waals surface area contributed by atoms with Crippen molar-refractivity contribution >= 4 is 5.69 Å². The molecule has 7 nitrogen and oxygen atoms in total. The minimum Gasteiger partial charge on any atom is -0.491 e. The Morgan fingerprint density at radius 1 is 1.14 bits per heavy atom. The summed E-state index contributed by atoms with van der Waals surface area (Å²) in [6, 6.07) is 4.25. The van der Waals surface area contributed by atoms with E-state index in [0.717, 1.165) is 98.4 Å². The van der Waals surface area contributed by atoms with Gasteiger partial charge in [0.05, 0.1) is 24.5 Å². The first-order chi connectivity index (χ1) is 17.5. The van der Waals surface area contributed by atoms with Crippen LogP contribution in [0.25, 0.3) is 11.4 Å². The summed E-state index contributed by atoms with van der Waals surface area (Å²) in [5.41, 5.74) is 4.95. The lowest BCUT2D eigenvalue weighted by atomic mass is 10.0. The molecule has 2 fully saturated rings. The van der Waals surface area contributed by atoms with E-state index in [-0.39, 0.29) is 5.56 Å². The predicted molar refractivity (Wildman–Crippen MR) is 146 cm³/mol. The third kappa shape index (κ3) is 6.12. The van der Waals surface area contributed by atoms with E-state index in [0.29, 0.717) is 19.1 Å². The Labute approximate surface area is 216 Å². The zero-order valence-corrected chi connectivity index (χ0v) is 22.9. The Morgan fingerprint density at radius 3 is 2.53 bits per heavy atom. The van der Waals surface area contributed by atoms with Crippen LogP contribution in [0.3, 0.4) is 0 Å². The number of ether oxygens (including phenoxy) is 2. The first kappa shape index (κ1) is 26.7. The van der Waals surface area contributed by atoms with Crippen molar-refractivity contribution in [3.05, 3.63) is 39.3 Å². The Bertz CT molecular complexity index is 1090. The zero-order valence-electron chi connectivity index (χ0n) is 22.9. The second-order valence-electron chi connectivity index (χ2n) is 10.3. The lowest BCUT2D eigenvalue weighted by molar-refractivity contribution is 0.0323. The molecule has 1 aromatic heterocycles. The molecule has 0 atom stereocenters. The van der Waals surface area contributed by atoms with Gasteiger partial charge in [-0.05, 0) is 69.6 Å². The number of hydrogen-bond acceptors (Lipinski definition) is 6. The van der Waals surface area contributed by atoms with Crippen molar-refractivity contribution in [2.75, 3.05) is 57.4 Å². The first-order valence-electron chi connectivity index (χ1n) is 13.9. The number of anilines is 1. The average Bonchev–Trinajstić information content (AvgIpc) is 3.68. The molecule has 0 radical (unpaired) electrons. The summed E-state index contributed by atoms with van der Waals surface area (Å²) in [6.45, 7) is 17.8. The maximum absolute atomic E-state index is 14.0. The maximum atomic E-state index is 14.0. The van der Waals surface area contributed by atoms with E-state index >= 15 is 0 Å². The van der Waals surface area contributed by atoms with Gasteiger partial charge in [0.15, 0.2) is 0 Å². The van der Waals surface area contributed by atoms with Crippen LogP contribution in [0, 0.1) is 19.8 Å². The smallest absolute Gasteiger partial charge is 0.277 e. The molecule has 1 saturated carbocycles. The fraction of sp³-hybridized carbons (Fsp3) is 0.655. The largest absolute Gasteiger partial charge is 0.491 e. The molecular formula is C29H44N4O3.